The summed E-state index contributed by atoms with van der Waals surface area (Å²) in [6.45, 7) is 2.78. The van der Waals surface area contributed by atoms with Gasteiger partial charge in [-0.15, -0.1) is 0 Å². The Morgan fingerprint density at radius 2 is 1.68 bits per heavy atom. The summed E-state index contributed by atoms with van der Waals surface area (Å²) in [4.78, 5) is 29.4. The van der Waals surface area contributed by atoms with Gasteiger partial charge in [-0.3, -0.25) is 9.59 Å². The molecule has 4 rings (SSSR count). The monoisotopic (exact) mass is 339 g/mol. The first kappa shape index (κ1) is 16.2. The van der Waals surface area contributed by atoms with Crippen molar-refractivity contribution in [3.8, 4) is 0 Å². The molecule has 2 heterocycles. The van der Waals surface area contributed by atoms with E-state index in [0.717, 1.165) is 48.8 Å². The number of amides is 2. The van der Waals surface area contributed by atoms with E-state index < -0.39 is 0 Å². The van der Waals surface area contributed by atoms with E-state index in [0.29, 0.717) is 19.0 Å². The number of carbonyl (C=O) groups excluding carboxylic acids is 2. The minimum Gasteiger partial charge on any atom is -0.350 e. The second-order valence-corrected chi connectivity index (χ2v) is 7.27. The van der Waals surface area contributed by atoms with Gasteiger partial charge in [-0.25, -0.2) is 0 Å². The number of aryl methyl sites for hydroxylation is 1. The third-order valence-corrected chi connectivity index (χ3v) is 5.68. The van der Waals surface area contributed by atoms with Gasteiger partial charge in [0.2, 0.25) is 5.91 Å². The van der Waals surface area contributed by atoms with E-state index in [1.54, 1.807) is 0 Å². The standard InChI is InChI=1S/C20H25N3O2/c1-21-14-17(16-8-2-3-9-18(16)21)20(25)23-11-5-10-22(12-13-23)19(24)15-6-4-7-15/h2-3,8-9,14-15H,4-7,10-13H2,1H3. The Balaban J connectivity index is 1.49. The summed E-state index contributed by atoms with van der Waals surface area (Å²) < 4.78 is 2.01. The molecule has 0 bridgehead atoms. The van der Waals surface area contributed by atoms with Gasteiger partial charge in [0, 0.05) is 56.2 Å². The lowest BCUT2D eigenvalue weighted by atomic mass is 9.84. The van der Waals surface area contributed by atoms with Crippen molar-refractivity contribution in [3.63, 3.8) is 0 Å². The van der Waals surface area contributed by atoms with E-state index in [9.17, 15) is 9.59 Å². The molecule has 1 aliphatic carbocycles. The van der Waals surface area contributed by atoms with E-state index in [1.165, 1.54) is 6.42 Å². The van der Waals surface area contributed by atoms with Gasteiger partial charge in [0.1, 0.15) is 0 Å². The Bertz CT molecular complexity index is 806. The summed E-state index contributed by atoms with van der Waals surface area (Å²) in [5, 5.41) is 1.00. The number of rotatable bonds is 2. The molecule has 0 radical (unpaired) electrons. The van der Waals surface area contributed by atoms with Crippen LogP contribution in [0, 0.1) is 5.92 Å². The number of aromatic nitrogens is 1. The first-order chi connectivity index (χ1) is 12.1. The third-order valence-electron chi connectivity index (χ3n) is 5.68. The highest BCUT2D eigenvalue weighted by atomic mass is 16.2. The second-order valence-electron chi connectivity index (χ2n) is 7.27. The lowest BCUT2D eigenvalue weighted by Gasteiger charge is -2.31. The lowest BCUT2D eigenvalue weighted by molar-refractivity contribution is -0.138. The lowest BCUT2D eigenvalue weighted by Crippen LogP contribution is -2.41. The maximum absolute atomic E-state index is 13.1. The molecule has 25 heavy (non-hydrogen) atoms. The summed E-state index contributed by atoms with van der Waals surface area (Å²) >= 11 is 0. The van der Waals surface area contributed by atoms with Gasteiger partial charge >= 0.3 is 0 Å². The largest absolute Gasteiger partial charge is 0.350 e. The molecular formula is C20H25N3O2. The van der Waals surface area contributed by atoms with Crippen LogP contribution in [0.1, 0.15) is 36.0 Å². The van der Waals surface area contributed by atoms with E-state index in [2.05, 4.69) is 0 Å². The maximum Gasteiger partial charge on any atom is 0.256 e. The second kappa shape index (κ2) is 6.54. The van der Waals surface area contributed by atoms with Crippen LogP contribution in [0.3, 0.4) is 0 Å². The fourth-order valence-corrected chi connectivity index (χ4v) is 3.94. The SMILES string of the molecule is Cn1cc(C(=O)N2CCCN(C(=O)C3CCC3)CC2)c2ccccc21. The summed E-state index contributed by atoms with van der Waals surface area (Å²) in [6.07, 6.45) is 6.03. The topological polar surface area (TPSA) is 45.6 Å². The predicted molar refractivity (Wildman–Crippen MR) is 97.4 cm³/mol. The fraction of sp³-hybridized carbons (Fsp3) is 0.500. The highest BCUT2D eigenvalue weighted by Crippen LogP contribution is 2.29. The highest BCUT2D eigenvalue weighted by Gasteiger charge is 2.31. The van der Waals surface area contributed by atoms with Crippen molar-refractivity contribution in [2.45, 2.75) is 25.7 Å². The fourth-order valence-electron chi connectivity index (χ4n) is 3.94. The number of benzene rings is 1. The van der Waals surface area contributed by atoms with Crippen molar-refractivity contribution in [1.82, 2.24) is 14.4 Å². The molecule has 2 aromatic rings. The summed E-state index contributed by atoms with van der Waals surface area (Å²) in [6, 6.07) is 8.01. The van der Waals surface area contributed by atoms with Crippen LogP contribution < -0.4 is 0 Å². The van der Waals surface area contributed by atoms with Crippen molar-refractivity contribution in [2.24, 2.45) is 13.0 Å². The maximum atomic E-state index is 13.1. The molecule has 0 atom stereocenters. The zero-order valence-corrected chi connectivity index (χ0v) is 14.8. The van der Waals surface area contributed by atoms with Crippen molar-refractivity contribution < 1.29 is 9.59 Å². The van der Waals surface area contributed by atoms with Gasteiger partial charge in [-0.2, -0.15) is 0 Å². The minimum atomic E-state index is 0.0785. The molecule has 0 unspecified atom stereocenters. The molecule has 1 saturated carbocycles. The van der Waals surface area contributed by atoms with Gasteiger partial charge in [-0.05, 0) is 25.3 Å². The Hall–Kier alpha value is -2.30. The van der Waals surface area contributed by atoms with Crippen LogP contribution in [-0.4, -0.2) is 52.4 Å². The Labute approximate surface area is 148 Å². The molecule has 0 spiro atoms. The zero-order valence-electron chi connectivity index (χ0n) is 14.8. The predicted octanol–water partition coefficient (Wildman–Crippen LogP) is 2.65. The Morgan fingerprint density at radius 3 is 2.44 bits per heavy atom. The summed E-state index contributed by atoms with van der Waals surface area (Å²) in [5.41, 5.74) is 1.83. The van der Waals surface area contributed by atoms with Gasteiger partial charge in [-0.1, -0.05) is 24.6 Å². The van der Waals surface area contributed by atoms with Crippen molar-refractivity contribution >= 4 is 22.7 Å². The minimum absolute atomic E-state index is 0.0785. The van der Waals surface area contributed by atoms with Crippen molar-refractivity contribution in [3.05, 3.63) is 36.0 Å². The van der Waals surface area contributed by atoms with Gasteiger partial charge in [0.15, 0.2) is 0 Å². The molecule has 5 nitrogen and oxygen atoms in total. The van der Waals surface area contributed by atoms with Gasteiger partial charge in [0.25, 0.3) is 5.91 Å². The van der Waals surface area contributed by atoms with Crippen LogP contribution in [0.2, 0.25) is 0 Å². The number of para-hydroxylation sites is 1. The molecule has 5 heteroatoms. The smallest absolute Gasteiger partial charge is 0.256 e. The number of hydrogen-bond acceptors (Lipinski definition) is 2. The molecule has 0 N–H and O–H groups in total. The quantitative estimate of drug-likeness (QED) is 0.844. The van der Waals surface area contributed by atoms with Crippen molar-refractivity contribution in [2.75, 3.05) is 26.2 Å². The first-order valence-corrected chi connectivity index (χ1v) is 9.27. The van der Waals surface area contributed by atoms with Crippen LogP contribution >= 0.6 is 0 Å². The summed E-state index contributed by atoms with van der Waals surface area (Å²) in [7, 11) is 1.97. The molecule has 132 valence electrons. The van der Waals surface area contributed by atoms with E-state index in [-0.39, 0.29) is 11.8 Å². The van der Waals surface area contributed by atoms with Crippen LogP contribution in [0.5, 0.6) is 0 Å². The van der Waals surface area contributed by atoms with E-state index in [1.807, 2.05) is 51.9 Å². The van der Waals surface area contributed by atoms with Crippen LogP contribution in [0.25, 0.3) is 10.9 Å². The zero-order chi connectivity index (χ0) is 17.4. The molecule has 2 aliphatic rings. The highest BCUT2D eigenvalue weighted by molar-refractivity contribution is 6.07. The van der Waals surface area contributed by atoms with Crippen molar-refractivity contribution in [1.29, 1.82) is 0 Å². The Morgan fingerprint density at radius 1 is 0.960 bits per heavy atom. The molecule has 1 aliphatic heterocycles. The molecule has 1 aromatic carbocycles. The number of nitrogens with zero attached hydrogens (tertiary/aromatic N) is 3. The van der Waals surface area contributed by atoms with Crippen LogP contribution in [-0.2, 0) is 11.8 Å². The molecular weight excluding hydrogens is 314 g/mol. The number of carbonyl (C=O) groups is 2. The molecule has 2 fully saturated rings. The number of fused-ring (bicyclic) bond motifs is 1. The third kappa shape index (κ3) is 2.92. The molecule has 2 amide bonds. The van der Waals surface area contributed by atoms with E-state index >= 15 is 0 Å². The summed E-state index contributed by atoms with van der Waals surface area (Å²) in [5.74, 6) is 0.612. The number of hydrogen-bond donors (Lipinski definition) is 0. The van der Waals surface area contributed by atoms with Gasteiger partial charge in [0.05, 0.1) is 5.56 Å². The average Bonchev–Trinajstić information content (AvgIpc) is 2.76. The van der Waals surface area contributed by atoms with Crippen LogP contribution in [0.4, 0.5) is 0 Å². The van der Waals surface area contributed by atoms with E-state index in [4.69, 9.17) is 0 Å². The molecule has 1 aromatic heterocycles. The average molecular weight is 339 g/mol. The normalized spacial score (nSPS) is 18.9. The first-order valence-electron chi connectivity index (χ1n) is 9.27. The molecule has 1 saturated heterocycles. The van der Waals surface area contributed by atoms with Gasteiger partial charge < -0.3 is 14.4 Å². The Kier molecular flexibility index (Phi) is 4.24. The van der Waals surface area contributed by atoms with Crippen LogP contribution in [0.15, 0.2) is 30.5 Å².